The Morgan fingerprint density at radius 2 is 0.806 bits per heavy atom. The van der Waals surface area contributed by atoms with Crippen LogP contribution < -0.4 is 54.4 Å². The van der Waals surface area contributed by atoms with Gasteiger partial charge in [0.1, 0.15) is 13.1 Å². The lowest BCUT2D eigenvalue weighted by Gasteiger charge is -2.22. The van der Waals surface area contributed by atoms with Gasteiger partial charge in [-0.15, -0.1) is 0 Å². The first-order chi connectivity index (χ1) is 29.4. The number of aliphatic hydroxyl groups excluding tert-OH is 4. The molecule has 0 atom stereocenters. The second-order valence-corrected chi connectivity index (χ2v) is 16.7. The number of carbonyl (C=O) groups excluding carboxylic acids is 2. The number of carbonyl (C=O) groups is 2. The van der Waals surface area contributed by atoms with Crippen LogP contribution >= 0.6 is 21.6 Å². The first kappa shape index (κ1) is 54.0. The zero-order valence-corrected chi connectivity index (χ0v) is 38.4. The molecule has 16 heteroatoms. The number of rotatable bonds is 29. The number of anilines is 2. The van der Waals surface area contributed by atoms with Crippen LogP contribution in [0.2, 0.25) is 0 Å². The molecule has 0 saturated carbocycles. The van der Waals surface area contributed by atoms with Crippen molar-refractivity contribution in [3.05, 3.63) is 120 Å². The number of aliphatic hydroxyl groups is 4. The minimum absolute atomic E-state index is 0. The summed E-state index contributed by atoms with van der Waals surface area (Å²) >= 11 is 0. The number of hydrogen-bond acceptors (Lipinski definition) is 10. The van der Waals surface area contributed by atoms with Gasteiger partial charge in [-0.2, -0.15) is 0 Å². The Morgan fingerprint density at radius 1 is 0.500 bits per heavy atom. The highest BCUT2D eigenvalue weighted by molar-refractivity contribution is 8.76. The van der Waals surface area contributed by atoms with Gasteiger partial charge >= 0.3 is 0 Å². The first-order valence-electron chi connectivity index (χ1n) is 20.7. The third-order valence-electron chi connectivity index (χ3n) is 9.51. The molecule has 2 amide bonds. The van der Waals surface area contributed by atoms with E-state index in [1.165, 1.54) is 0 Å². The second kappa shape index (κ2) is 32.5. The Balaban J connectivity index is 0.00000661. The maximum Gasteiger partial charge on any atom is 0.220 e. The van der Waals surface area contributed by atoms with Crippen LogP contribution in [0.25, 0.3) is 24.3 Å². The summed E-state index contributed by atoms with van der Waals surface area (Å²) in [6.45, 7) is 4.83. The fourth-order valence-electron chi connectivity index (χ4n) is 6.26. The molecule has 6 N–H and O–H groups in total. The van der Waals surface area contributed by atoms with Crippen LogP contribution in [0, 0.1) is 0 Å². The molecule has 2 aromatic carbocycles. The predicted molar refractivity (Wildman–Crippen MR) is 246 cm³/mol. The Hall–Kier alpha value is -4.12. The van der Waals surface area contributed by atoms with Gasteiger partial charge in [0.15, 0.2) is 24.8 Å². The smallest absolute Gasteiger partial charge is 0.220 e. The molecule has 0 aliphatic rings. The average Bonchev–Trinajstić information content (AvgIpc) is 3.27. The zero-order chi connectivity index (χ0) is 42.6. The fraction of sp³-hybridized carbons (Fsp3) is 0.391. The summed E-state index contributed by atoms with van der Waals surface area (Å²) in [7, 11) is 3.39. The van der Waals surface area contributed by atoms with Crippen molar-refractivity contribution in [2.75, 3.05) is 87.0 Å². The minimum Gasteiger partial charge on any atom is -1.00 e. The van der Waals surface area contributed by atoms with Crippen molar-refractivity contribution < 1.29 is 64.0 Å². The van der Waals surface area contributed by atoms with Crippen LogP contribution in [-0.2, 0) is 22.7 Å². The molecule has 0 fully saturated rings. The molecule has 62 heavy (non-hydrogen) atoms. The number of halogens is 2. The summed E-state index contributed by atoms with van der Waals surface area (Å²) in [4.78, 5) is 28.6. The Bertz CT molecular complexity index is 1730. The van der Waals surface area contributed by atoms with E-state index in [4.69, 9.17) is 0 Å². The van der Waals surface area contributed by atoms with Gasteiger partial charge in [0, 0.05) is 112 Å². The lowest BCUT2D eigenvalue weighted by molar-refractivity contribution is -0.697. The fourth-order valence-corrected chi connectivity index (χ4v) is 8.08. The number of hydrogen-bond donors (Lipinski definition) is 6. The summed E-state index contributed by atoms with van der Waals surface area (Å²) in [5.41, 5.74) is 6.22. The van der Waals surface area contributed by atoms with Crippen LogP contribution in [0.4, 0.5) is 11.4 Å². The van der Waals surface area contributed by atoms with E-state index in [9.17, 15) is 30.0 Å². The molecular weight excluding hydrogens is 868 g/mol. The summed E-state index contributed by atoms with van der Waals surface area (Å²) in [5.74, 6) is 1.73. The molecule has 338 valence electrons. The summed E-state index contributed by atoms with van der Waals surface area (Å²) in [6.07, 6.45) is 18.8. The molecule has 0 radical (unpaired) electrons. The molecular formula is C46H62Cl2N6O6S2. The van der Waals surface area contributed by atoms with Crippen molar-refractivity contribution in [1.82, 2.24) is 10.6 Å². The van der Waals surface area contributed by atoms with E-state index in [1.54, 1.807) is 21.6 Å². The van der Waals surface area contributed by atoms with Crippen LogP contribution in [0.5, 0.6) is 0 Å². The molecule has 4 aromatic rings. The van der Waals surface area contributed by atoms with Gasteiger partial charge in [-0.05, 0) is 46.5 Å². The maximum atomic E-state index is 12.3. The topological polar surface area (TPSA) is 153 Å². The van der Waals surface area contributed by atoms with Gasteiger partial charge in [0.25, 0.3) is 0 Å². The molecule has 12 nitrogen and oxygen atoms in total. The summed E-state index contributed by atoms with van der Waals surface area (Å²) < 4.78 is 4.17. The molecule has 0 unspecified atom stereocenters. The van der Waals surface area contributed by atoms with Gasteiger partial charge in [-0.3, -0.25) is 9.59 Å². The largest absolute Gasteiger partial charge is 1.00 e. The molecule has 4 rings (SSSR count). The molecule has 0 saturated heterocycles. The van der Waals surface area contributed by atoms with Crippen LogP contribution in [0.3, 0.4) is 0 Å². The van der Waals surface area contributed by atoms with E-state index < -0.39 is 0 Å². The normalized spacial score (nSPS) is 11.0. The SMILES string of the molecule is O=C(CCC[n+]1ccc(C=Cc2ccc(N(CCO)CCO)cc2)cc1)NCCSSCCNC(=O)CCC[n+]1ccc(C=Cc2ccc(N(CCO)CCO)cc2)cc1.[Cl-].[Cl-]. The van der Waals surface area contributed by atoms with E-state index in [2.05, 4.69) is 68.3 Å². The van der Waals surface area contributed by atoms with E-state index >= 15 is 0 Å². The predicted octanol–water partition coefficient (Wildman–Crippen LogP) is -1.93. The highest BCUT2D eigenvalue weighted by atomic mass is 35.5. The number of nitrogens with one attached hydrogen (secondary N) is 2. The van der Waals surface area contributed by atoms with Crippen molar-refractivity contribution in [1.29, 1.82) is 0 Å². The standard InChI is InChI=1S/C46H60N6O6S2.2ClH/c53-33-29-51(30-34-54)43-13-9-39(10-14-43)5-7-41-17-25-49(26-18-41)23-1-3-45(57)47-21-37-59-60-38-22-48-46(58)4-2-24-50-27-19-42(20-28-50)8-6-40-11-15-44(16-12-40)52(31-35-55)32-36-56;;/h5-20,25-28,53-56H,1-4,21-24,29-38H2;2*1H. The third kappa shape index (κ3) is 21.3. The molecule has 0 aliphatic heterocycles. The number of aromatic nitrogens is 2. The van der Waals surface area contributed by atoms with Crippen LogP contribution in [0.15, 0.2) is 97.6 Å². The maximum absolute atomic E-state index is 12.3. The van der Waals surface area contributed by atoms with E-state index in [0.29, 0.717) is 52.1 Å². The van der Waals surface area contributed by atoms with Crippen LogP contribution in [0.1, 0.15) is 47.9 Å². The van der Waals surface area contributed by atoms with Crippen molar-refractivity contribution in [2.45, 2.75) is 38.8 Å². The van der Waals surface area contributed by atoms with Crippen LogP contribution in [-0.4, -0.2) is 109 Å². The van der Waals surface area contributed by atoms with E-state index in [0.717, 1.165) is 71.1 Å². The van der Waals surface area contributed by atoms with Gasteiger partial charge in [0.2, 0.25) is 11.8 Å². The first-order valence-corrected chi connectivity index (χ1v) is 23.1. The highest BCUT2D eigenvalue weighted by Crippen LogP contribution is 2.20. The minimum atomic E-state index is 0. The number of amides is 2. The van der Waals surface area contributed by atoms with Crippen molar-refractivity contribution >= 4 is 69.1 Å². The number of benzene rings is 2. The molecule has 0 aliphatic carbocycles. The van der Waals surface area contributed by atoms with Crippen molar-refractivity contribution in [2.24, 2.45) is 0 Å². The van der Waals surface area contributed by atoms with Gasteiger partial charge < -0.3 is 65.7 Å². The van der Waals surface area contributed by atoms with Gasteiger partial charge in [-0.25, -0.2) is 9.13 Å². The zero-order valence-electron chi connectivity index (χ0n) is 35.2. The molecule has 2 aromatic heterocycles. The van der Waals surface area contributed by atoms with Gasteiger partial charge in [-0.1, -0.05) is 70.2 Å². The average molecular weight is 930 g/mol. The Kier molecular flexibility index (Phi) is 28.3. The number of aryl methyl sites for hydroxylation is 2. The second-order valence-electron chi connectivity index (χ2n) is 14.0. The van der Waals surface area contributed by atoms with Gasteiger partial charge in [0.05, 0.1) is 26.4 Å². The molecule has 2 heterocycles. The molecule has 0 spiro atoms. The third-order valence-corrected chi connectivity index (χ3v) is 11.9. The van der Waals surface area contributed by atoms with Crippen molar-refractivity contribution in [3.63, 3.8) is 0 Å². The lowest BCUT2D eigenvalue weighted by Crippen LogP contribution is -3.00. The Labute approximate surface area is 387 Å². The highest BCUT2D eigenvalue weighted by Gasteiger charge is 2.09. The molecule has 0 bridgehead atoms. The number of nitrogens with zero attached hydrogens (tertiary/aromatic N) is 4. The quantitative estimate of drug-likeness (QED) is 0.0207. The van der Waals surface area contributed by atoms with E-state index in [1.807, 2.05) is 83.1 Å². The van der Waals surface area contributed by atoms with E-state index in [-0.39, 0.29) is 63.1 Å². The summed E-state index contributed by atoms with van der Waals surface area (Å²) in [5, 5.41) is 43.1. The number of pyridine rings is 2. The summed E-state index contributed by atoms with van der Waals surface area (Å²) in [6, 6.07) is 24.3. The Morgan fingerprint density at radius 3 is 1.11 bits per heavy atom. The monoisotopic (exact) mass is 928 g/mol. The lowest BCUT2D eigenvalue weighted by atomic mass is 10.1. The van der Waals surface area contributed by atoms with Crippen molar-refractivity contribution in [3.8, 4) is 0 Å².